The van der Waals surface area contributed by atoms with Gasteiger partial charge in [0.05, 0.1) is 18.6 Å². The number of likely N-dealkylation sites (tertiary alicyclic amines) is 1. The van der Waals surface area contributed by atoms with Crippen molar-refractivity contribution in [3.8, 4) is 0 Å². The monoisotopic (exact) mass is 704 g/mol. The molecule has 51 heavy (non-hydrogen) atoms. The van der Waals surface area contributed by atoms with Crippen molar-refractivity contribution in [1.82, 2.24) is 30.4 Å². The zero-order valence-corrected chi connectivity index (χ0v) is 29.8. The SMILES string of the molecule is C[C@@H](NC(=O)[C@@H]1CCCN1C(=O)OC(C)(C)C)C(=O)N[C@@H](Cc1cn(COCc2ccccc2)cn1)C(=O)N[C@H](C)C(=O)OCc1ccccc1. The molecule has 2 aromatic carbocycles. The number of aromatic nitrogens is 2. The van der Waals surface area contributed by atoms with Gasteiger partial charge in [0.15, 0.2) is 0 Å². The van der Waals surface area contributed by atoms with Crippen LogP contribution in [0.25, 0.3) is 0 Å². The van der Waals surface area contributed by atoms with Crippen LogP contribution in [0.1, 0.15) is 64.3 Å². The van der Waals surface area contributed by atoms with Gasteiger partial charge in [-0.15, -0.1) is 0 Å². The van der Waals surface area contributed by atoms with Crippen molar-refractivity contribution in [3.05, 3.63) is 90.0 Å². The fourth-order valence-corrected chi connectivity index (χ4v) is 5.32. The van der Waals surface area contributed by atoms with E-state index in [1.165, 1.54) is 18.7 Å². The van der Waals surface area contributed by atoms with Crippen molar-refractivity contribution >= 4 is 29.8 Å². The molecule has 1 aliphatic rings. The van der Waals surface area contributed by atoms with E-state index in [0.29, 0.717) is 31.7 Å². The molecule has 14 nitrogen and oxygen atoms in total. The molecule has 0 bridgehead atoms. The number of benzene rings is 2. The third kappa shape index (κ3) is 12.2. The zero-order chi connectivity index (χ0) is 37.0. The third-order valence-electron chi connectivity index (χ3n) is 7.96. The van der Waals surface area contributed by atoms with Crippen molar-refractivity contribution in [2.24, 2.45) is 0 Å². The molecule has 274 valence electrons. The van der Waals surface area contributed by atoms with E-state index in [-0.39, 0.29) is 19.8 Å². The van der Waals surface area contributed by atoms with Crippen LogP contribution in [0.15, 0.2) is 73.2 Å². The molecule has 0 aliphatic carbocycles. The van der Waals surface area contributed by atoms with Gasteiger partial charge in [0.25, 0.3) is 0 Å². The van der Waals surface area contributed by atoms with Crippen molar-refractivity contribution in [2.75, 3.05) is 6.54 Å². The van der Waals surface area contributed by atoms with Gasteiger partial charge in [-0.1, -0.05) is 60.7 Å². The summed E-state index contributed by atoms with van der Waals surface area (Å²) in [5, 5.41) is 7.99. The Morgan fingerprint density at radius 3 is 2.16 bits per heavy atom. The number of carbonyl (C=O) groups is 5. The van der Waals surface area contributed by atoms with Crippen LogP contribution < -0.4 is 16.0 Å². The van der Waals surface area contributed by atoms with Crippen molar-refractivity contribution in [3.63, 3.8) is 0 Å². The van der Waals surface area contributed by atoms with Crippen molar-refractivity contribution in [2.45, 2.75) is 104 Å². The first-order valence-electron chi connectivity index (χ1n) is 17.0. The van der Waals surface area contributed by atoms with E-state index in [2.05, 4.69) is 20.9 Å². The molecule has 4 rings (SSSR count). The molecule has 1 aromatic heterocycles. The fourth-order valence-electron chi connectivity index (χ4n) is 5.32. The number of nitrogens with zero attached hydrogens (tertiary/aromatic N) is 3. The highest BCUT2D eigenvalue weighted by Gasteiger charge is 2.38. The average molecular weight is 705 g/mol. The molecule has 0 unspecified atom stereocenters. The summed E-state index contributed by atoms with van der Waals surface area (Å²) >= 11 is 0. The number of hydrogen-bond acceptors (Lipinski definition) is 9. The minimum atomic E-state index is -1.17. The highest BCUT2D eigenvalue weighted by Crippen LogP contribution is 2.21. The molecular formula is C37H48N6O8. The highest BCUT2D eigenvalue weighted by molar-refractivity contribution is 5.94. The van der Waals surface area contributed by atoms with E-state index in [9.17, 15) is 24.0 Å². The molecule has 4 amide bonds. The molecular weight excluding hydrogens is 656 g/mol. The van der Waals surface area contributed by atoms with Crippen LogP contribution in [0.3, 0.4) is 0 Å². The van der Waals surface area contributed by atoms with Crippen LogP contribution >= 0.6 is 0 Å². The first kappa shape index (κ1) is 38.6. The topological polar surface area (TPSA) is 170 Å². The maximum absolute atomic E-state index is 13.6. The standard InChI is InChI=1S/C37H48N6O8/c1-25(39-34(46)31-17-12-18-43(31)36(48)51-37(3,4)5)32(44)41-30(33(45)40-26(2)35(47)50-22-28-15-10-7-11-16-28)19-29-20-42(23-38-29)24-49-21-27-13-8-6-9-14-27/h6-11,13-16,20,23,25-26,30-31H,12,17-19,21-22,24H2,1-5H3,(H,39,46)(H,40,45)(H,41,44)/t25-,26-,30+,31+/m1/s1. The molecule has 0 saturated carbocycles. The number of nitrogens with one attached hydrogen (secondary N) is 3. The number of carbonyl (C=O) groups excluding carboxylic acids is 5. The number of amides is 4. The molecule has 3 aromatic rings. The lowest BCUT2D eigenvalue weighted by molar-refractivity contribution is -0.148. The summed E-state index contributed by atoms with van der Waals surface area (Å²) in [4.78, 5) is 71.4. The van der Waals surface area contributed by atoms with E-state index in [1.807, 2.05) is 60.7 Å². The highest BCUT2D eigenvalue weighted by atomic mass is 16.6. The van der Waals surface area contributed by atoms with Gasteiger partial charge in [0.1, 0.15) is 43.1 Å². The van der Waals surface area contributed by atoms with Gasteiger partial charge < -0.3 is 34.7 Å². The summed E-state index contributed by atoms with van der Waals surface area (Å²) in [6, 6.07) is 14.8. The lowest BCUT2D eigenvalue weighted by Crippen LogP contribution is -2.57. The quantitative estimate of drug-likeness (QED) is 0.201. The Bertz CT molecular complexity index is 1620. The Labute approximate surface area is 298 Å². The van der Waals surface area contributed by atoms with Gasteiger partial charge >= 0.3 is 12.1 Å². The van der Waals surface area contributed by atoms with Crippen LogP contribution in [0.5, 0.6) is 0 Å². The second kappa shape index (κ2) is 18.1. The van der Waals surface area contributed by atoms with E-state index in [1.54, 1.807) is 37.9 Å². The van der Waals surface area contributed by atoms with E-state index in [4.69, 9.17) is 14.2 Å². The smallest absolute Gasteiger partial charge is 0.410 e. The van der Waals surface area contributed by atoms with Gasteiger partial charge in [-0.25, -0.2) is 14.6 Å². The Morgan fingerprint density at radius 1 is 0.863 bits per heavy atom. The number of ether oxygens (including phenoxy) is 3. The maximum atomic E-state index is 13.6. The lowest BCUT2D eigenvalue weighted by atomic mass is 10.1. The second-order valence-corrected chi connectivity index (χ2v) is 13.5. The number of imidazole rings is 1. The number of rotatable bonds is 15. The molecule has 2 heterocycles. The molecule has 0 spiro atoms. The summed E-state index contributed by atoms with van der Waals surface area (Å²) in [7, 11) is 0. The van der Waals surface area contributed by atoms with Crippen LogP contribution in [0.2, 0.25) is 0 Å². The molecule has 4 atom stereocenters. The largest absolute Gasteiger partial charge is 0.459 e. The van der Waals surface area contributed by atoms with Crippen LogP contribution in [-0.2, 0) is 59.8 Å². The number of hydrogen-bond donors (Lipinski definition) is 3. The molecule has 3 N–H and O–H groups in total. The summed E-state index contributed by atoms with van der Waals surface area (Å²) in [5.74, 6) is -2.45. The van der Waals surface area contributed by atoms with Crippen LogP contribution in [0, 0.1) is 0 Å². The Kier molecular flexibility index (Phi) is 13.7. The van der Waals surface area contributed by atoms with E-state index in [0.717, 1.165) is 11.1 Å². The van der Waals surface area contributed by atoms with Crippen molar-refractivity contribution in [1.29, 1.82) is 0 Å². The van der Waals surface area contributed by atoms with Crippen molar-refractivity contribution < 1.29 is 38.2 Å². The Morgan fingerprint density at radius 2 is 1.51 bits per heavy atom. The number of esters is 1. The van der Waals surface area contributed by atoms with E-state index < -0.39 is 59.6 Å². The molecule has 1 fully saturated rings. The van der Waals surface area contributed by atoms with Crippen LogP contribution in [-0.4, -0.2) is 80.5 Å². The first-order valence-corrected chi connectivity index (χ1v) is 17.0. The summed E-state index contributed by atoms with van der Waals surface area (Å²) in [5.41, 5.74) is 1.56. The first-order chi connectivity index (χ1) is 24.3. The van der Waals surface area contributed by atoms with Gasteiger partial charge in [-0.05, 0) is 58.6 Å². The summed E-state index contributed by atoms with van der Waals surface area (Å²) < 4.78 is 18.3. The average Bonchev–Trinajstić information content (AvgIpc) is 3.77. The van der Waals surface area contributed by atoms with Crippen LogP contribution in [0.4, 0.5) is 4.79 Å². The minimum absolute atomic E-state index is 0.0231. The zero-order valence-electron chi connectivity index (χ0n) is 29.8. The Balaban J connectivity index is 1.39. The summed E-state index contributed by atoms with van der Waals surface area (Å²) in [6.45, 7) is 9.20. The van der Waals surface area contributed by atoms with Gasteiger partial charge in [0.2, 0.25) is 17.7 Å². The lowest BCUT2D eigenvalue weighted by Gasteiger charge is -2.28. The van der Waals surface area contributed by atoms with E-state index >= 15 is 0 Å². The normalized spacial score (nSPS) is 16.0. The molecule has 0 radical (unpaired) electrons. The summed E-state index contributed by atoms with van der Waals surface area (Å²) in [6.07, 6.45) is 3.66. The second-order valence-electron chi connectivity index (χ2n) is 13.5. The van der Waals surface area contributed by atoms with Gasteiger partial charge in [-0.2, -0.15) is 0 Å². The third-order valence-corrected chi connectivity index (χ3v) is 7.96. The van der Waals surface area contributed by atoms with Gasteiger partial charge in [0, 0.05) is 19.2 Å². The predicted octanol–water partition coefficient (Wildman–Crippen LogP) is 3.24. The Hall–Kier alpha value is -5.24. The predicted molar refractivity (Wildman–Crippen MR) is 187 cm³/mol. The molecule has 14 heteroatoms. The molecule has 1 saturated heterocycles. The minimum Gasteiger partial charge on any atom is -0.459 e. The molecule has 1 aliphatic heterocycles. The fraction of sp³-hybridized carbons (Fsp3) is 0.459. The maximum Gasteiger partial charge on any atom is 0.410 e. The van der Waals surface area contributed by atoms with Gasteiger partial charge in [-0.3, -0.25) is 19.3 Å².